The second kappa shape index (κ2) is 6.23. The van der Waals surface area contributed by atoms with Gasteiger partial charge in [0, 0.05) is 36.6 Å². The first-order chi connectivity index (χ1) is 9.58. The number of aryl methyl sites for hydroxylation is 1. The second-order valence-electron chi connectivity index (χ2n) is 4.80. The van der Waals surface area contributed by atoms with Crippen LogP contribution >= 0.6 is 0 Å². The number of amides is 1. The Hall–Kier alpha value is -2.30. The van der Waals surface area contributed by atoms with Gasteiger partial charge in [-0.25, -0.2) is 0 Å². The van der Waals surface area contributed by atoms with E-state index in [1.165, 1.54) is 0 Å². The molecule has 0 spiro atoms. The highest BCUT2D eigenvalue weighted by Crippen LogP contribution is 2.21. The number of aromatic nitrogens is 2. The Labute approximate surface area is 119 Å². The molecule has 0 saturated carbocycles. The van der Waals surface area contributed by atoms with E-state index in [0.717, 1.165) is 16.9 Å². The van der Waals surface area contributed by atoms with Crippen LogP contribution in [0.15, 0.2) is 36.7 Å². The fourth-order valence-electron chi connectivity index (χ4n) is 1.93. The normalized spacial score (nSPS) is 11.9. The molecule has 1 aromatic carbocycles. The molecular weight excluding hydrogens is 252 g/mol. The minimum atomic E-state index is 0.0162. The van der Waals surface area contributed by atoms with Crippen LogP contribution < -0.4 is 10.6 Å². The van der Waals surface area contributed by atoms with Crippen molar-refractivity contribution < 1.29 is 4.79 Å². The van der Waals surface area contributed by atoms with Gasteiger partial charge in [-0.15, -0.1) is 0 Å². The van der Waals surface area contributed by atoms with E-state index >= 15 is 0 Å². The molecule has 0 fully saturated rings. The molecule has 2 aromatic rings. The fourth-order valence-corrected chi connectivity index (χ4v) is 1.93. The van der Waals surface area contributed by atoms with E-state index in [0.29, 0.717) is 6.42 Å². The van der Waals surface area contributed by atoms with E-state index in [4.69, 9.17) is 0 Å². The minimum Gasteiger partial charge on any atom is -0.378 e. The van der Waals surface area contributed by atoms with Gasteiger partial charge in [-0.2, -0.15) is 5.10 Å². The number of nitrogens with one attached hydrogen (secondary N) is 2. The number of nitrogens with zero attached hydrogens (tertiary/aromatic N) is 2. The zero-order chi connectivity index (χ0) is 14.5. The minimum absolute atomic E-state index is 0.0162. The Kier molecular flexibility index (Phi) is 4.40. The van der Waals surface area contributed by atoms with Crippen LogP contribution in [0.2, 0.25) is 0 Å². The summed E-state index contributed by atoms with van der Waals surface area (Å²) in [6.07, 6.45) is 4.31. The summed E-state index contributed by atoms with van der Waals surface area (Å²) in [6, 6.07) is 7.87. The standard InChI is InChI=1S/C15H20N4O/c1-4-15(20)18-14-7-5-6-13(8-14)17-11(2)12-9-16-19(3)10-12/h5-11,17H,4H2,1-3H3,(H,18,20). The van der Waals surface area contributed by atoms with Gasteiger partial charge in [-0.05, 0) is 25.1 Å². The van der Waals surface area contributed by atoms with Crippen LogP contribution in [0.4, 0.5) is 11.4 Å². The number of anilines is 2. The average Bonchev–Trinajstić information content (AvgIpc) is 2.86. The summed E-state index contributed by atoms with van der Waals surface area (Å²) in [7, 11) is 1.90. The van der Waals surface area contributed by atoms with E-state index < -0.39 is 0 Å². The molecule has 1 aromatic heterocycles. The number of carbonyl (C=O) groups excluding carboxylic acids is 1. The zero-order valence-electron chi connectivity index (χ0n) is 12.1. The van der Waals surface area contributed by atoms with Crippen molar-refractivity contribution in [3.8, 4) is 0 Å². The smallest absolute Gasteiger partial charge is 0.224 e. The van der Waals surface area contributed by atoms with Gasteiger partial charge in [0.1, 0.15) is 0 Å². The molecule has 5 heteroatoms. The van der Waals surface area contributed by atoms with Gasteiger partial charge in [0.2, 0.25) is 5.91 Å². The first kappa shape index (κ1) is 14.1. The first-order valence-electron chi connectivity index (χ1n) is 6.73. The Balaban J connectivity index is 2.05. The molecule has 1 amide bonds. The Bertz CT molecular complexity index is 591. The third-order valence-electron chi connectivity index (χ3n) is 3.08. The van der Waals surface area contributed by atoms with Gasteiger partial charge >= 0.3 is 0 Å². The van der Waals surface area contributed by atoms with Crippen LogP contribution in [-0.2, 0) is 11.8 Å². The van der Waals surface area contributed by atoms with Crippen molar-refractivity contribution in [3.05, 3.63) is 42.2 Å². The van der Waals surface area contributed by atoms with Crippen LogP contribution in [0.5, 0.6) is 0 Å². The number of carbonyl (C=O) groups is 1. The molecular formula is C15H20N4O. The molecule has 2 N–H and O–H groups in total. The summed E-state index contributed by atoms with van der Waals surface area (Å²) in [5, 5.41) is 10.4. The lowest BCUT2D eigenvalue weighted by Crippen LogP contribution is -2.10. The van der Waals surface area contributed by atoms with Crippen molar-refractivity contribution in [3.63, 3.8) is 0 Å². The molecule has 20 heavy (non-hydrogen) atoms. The molecule has 0 radical (unpaired) electrons. The maximum absolute atomic E-state index is 11.4. The van der Waals surface area contributed by atoms with Gasteiger partial charge < -0.3 is 10.6 Å². The molecule has 1 unspecified atom stereocenters. The van der Waals surface area contributed by atoms with Crippen LogP contribution in [0, 0.1) is 0 Å². The van der Waals surface area contributed by atoms with E-state index in [9.17, 15) is 4.79 Å². The van der Waals surface area contributed by atoms with E-state index in [1.54, 1.807) is 4.68 Å². The lowest BCUT2D eigenvalue weighted by Gasteiger charge is -2.14. The number of benzene rings is 1. The maximum Gasteiger partial charge on any atom is 0.224 e. The molecule has 0 aliphatic carbocycles. The van der Waals surface area contributed by atoms with Crippen LogP contribution in [-0.4, -0.2) is 15.7 Å². The van der Waals surface area contributed by atoms with Crippen molar-refractivity contribution in [2.45, 2.75) is 26.3 Å². The summed E-state index contributed by atoms with van der Waals surface area (Å²) in [5.41, 5.74) is 2.89. The summed E-state index contributed by atoms with van der Waals surface area (Å²) < 4.78 is 1.78. The van der Waals surface area contributed by atoms with Crippen molar-refractivity contribution in [2.24, 2.45) is 7.05 Å². The van der Waals surface area contributed by atoms with Gasteiger partial charge in [0.15, 0.2) is 0 Å². The van der Waals surface area contributed by atoms with Gasteiger partial charge in [-0.3, -0.25) is 9.48 Å². The average molecular weight is 272 g/mol. The first-order valence-corrected chi connectivity index (χ1v) is 6.73. The molecule has 1 heterocycles. The Morgan fingerprint density at radius 3 is 2.80 bits per heavy atom. The quantitative estimate of drug-likeness (QED) is 0.879. The summed E-state index contributed by atoms with van der Waals surface area (Å²) in [4.78, 5) is 11.4. The van der Waals surface area contributed by atoms with E-state index in [2.05, 4.69) is 22.7 Å². The van der Waals surface area contributed by atoms with E-state index in [-0.39, 0.29) is 11.9 Å². The predicted octanol–water partition coefficient (Wildman–Crippen LogP) is 2.94. The van der Waals surface area contributed by atoms with Gasteiger partial charge in [0.05, 0.1) is 12.2 Å². The maximum atomic E-state index is 11.4. The molecule has 0 bridgehead atoms. The van der Waals surface area contributed by atoms with Crippen molar-refractivity contribution in [1.82, 2.24) is 9.78 Å². The summed E-state index contributed by atoms with van der Waals surface area (Å²) in [5.74, 6) is 0.0162. The highest BCUT2D eigenvalue weighted by Gasteiger charge is 2.08. The Morgan fingerprint density at radius 2 is 2.15 bits per heavy atom. The van der Waals surface area contributed by atoms with Crippen molar-refractivity contribution in [2.75, 3.05) is 10.6 Å². The van der Waals surface area contributed by atoms with Crippen molar-refractivity contribution >= 4 is 17.3 Å². The fraction of sp³-hybridized carbons (Fsp3) is 0.333. The topological polar surface area (TPSA) is 59.0 Å². The third kappa shape index (κ3) is 3.60. The largest absolute Gasteiger partial charge is 0.378 e. The molecule has 0 aliphatic heterocycles. The SMILES string of the molecule is CCC(=O)Nc1cccc(NC(C)c2cnn(C)c2)c1. The lowest BCUT2D eigenvalue weighted by molar-refractivity contribution is -0.115. The molecule has 106 valence electrons. The summed E-state index contributed by atoms with van der Waals surface area (Å²) in [6.45, 7) is 3.91. The number of rotatable bonds is 5. The Morgan fingerprint density at radius 1 is 1.40 bits per heavy atom. The van der Waals surface area contributed by atoms with Crippen LogP contribution in [0.3, 0.4) is 0 Å². The molecule has 2 rings (SSSR count). The van der Waals surface area contributed by atoms with E-state index in [1.807, 2.05) is 50.6 Å². The van der Waals surface area contributed by atoms with Crippen molar-refractivity contribution in [1.29, 1.82) is 0 Å². The second-order valence-corrected chi connectivity index (χ2v) is 4.80. The highest BCUT2D eigenvalue weighted by molar-refractivity contribution is 5.90. The highest BCUT2D eigenvalue weighted by atomic mass is 16.1. The zero-order valence-corrected chi connectivity index (χ0v) is 12.1. The summed E-state index contributed by atoms with van der Waals surface area (Å²) >= 11 is 0. The number of hydrogen-bond donors (Lipinski definition) is 2. The van der Waals surface area contributed by atoms with Crippen LogP contribution in [0.25, 0.3) is 0 Å². The van der Waals surface area contributed by atoms with Gasteiger partial charge in [0.25, 0.3) is 0 Å². The number of hydrogen-bond acceptors (Lipinski definition) is 3. The van der Waals surface area contributed by atoms with Crippen LogP contribution in [0.1, 0.15) is 31.9 Å². The third-order valence-corrected chi connectivity index (χ3v) is 3.08. The molecule has 0 saturated heterocycles. The molecule has 0 aliphatic rings. The monoisotopic (exact) mass is 272 g/mol. The lowest BCUT2D eigenvalue weighted by atomic mass is 10.1. The molecule has 1 atom stereocenters. The predicted molar refractivity (Wildman–Crippen MR) is 80.6 cm³/mol. The van der Waals surface area contributed by atoms with Gasteiger partial charge in [-0.1, -0.05) is 13.0 Å². The molecule has 5 nitrogen and oxygen atoms in total.